The first-order valence-corrected chi connectivity index (χ1v) is 11.6. The van der Waals surface area contributed by atoms with E-state index in [2.05, 4.69) is 10.0 Å². The molecule has 0 saturated heterocycles. The van der Waals surface area contributed by atoms with Crippen molar-refractivity contribution in [3.05, 3.63) is 96.0 Å². The van der Waals surface area contributed by atoms with Gasteiger partial charge in [-0.15, -0.1) is 0 Å². The smallest absolute Gasteiger partial charge is 0.262 e. The van der Waals surface area contributed by atoms with Gasteiger partial charge in [-0.1, -0.05) is 48.0 Å². The Morgan fingerprint density at radius 1 is 0.844 bits per heavy atom. The van der Waals surface area contributed by atoms with Crippen molar-refractivity contribution in [2.75, 3.05) is 16.6 Å². The topological polar surface area (TPSA) is 84.5 Å². The number of sulfonamides is 1. The predicted molar refractivity (Wildman–Crippen MR) is 127 cm³/mol. The number of halogens is 1. The molecule has 32 heavy (non-hydrogen) atoms. The molecule has 4 aromatic rings. The number of anilines is 2. The van der Waals surface area contributed by atoms with Gasteiger partial charge in [0.2, 0.25) is 0 Å². The highest BCUT2D eigenvalue weighted by molar-refractivity contribution is 7.92. The molecule has 0 heterocycles. The van der Waals surface area contributed by atoms with Gasteiger partial charge >= 0.3 is 0 Å². The first kappa shape index (κ1) is 21.7. The molecule has 162 valence electrons. The zero-order valence-electron chi connectivity index (χ0n) is 16.8. The van der Waals surface area contributed by atoms with Gasteiger partial charge in [0, 0.05) is 16.1 Å². The molecule has 0 spiro atoms. The van der Waals surface area contributed by atoms with Gasteiger partial charge in [-0.25, -0.2) is 8.42 Å². The van der Waals surface area contributed by atoms with Crippen LogP contribution in [-0.4, -0.2) is 20.9 Å². The van der Waals surface area contributed by atoms with Crippen LogP contribution in [0.2, 0.25) is 5.02 Å². The Hall–Kier alpha value is -3.55. The van der Waals surface area contributed by atoms with Crippen LogP contribution in [0.3, 0.4) is 0 Å². The number of rotatable bonds is 7. The van der Waals surface area contributed by atoms with E-state index in [-0.39, 0.29) is 17.4 Å². The van der Waals surface area contributed by atoms with Crippen molar-refractivity contribution in [1.29, 1.82) is 0 Å². The molecule has 2 N–H and O–H groups in total. The molecule has 1 amide bonds. The number of carbonyl (C=O) groups excluding carboxylic acids is 1. The highest BCUT2D eigenvalue weighted by Gasteiger charge is 2.16. The Morgan fingerprint density at radius 2 is 1.53 bits per heavy atom. The number of hydrogen-bond donors (Lipinski definition) is 2. The third kappa shape index (κ3) is 5.19. The van der Waals surface area contributed by atoms with Crippen LogP contribution in [0.25, 0.3) is 10.8 Å². The van der Waals surface area contributed by atoms with Gasteiger partial charge in [-0.2, -0.15) is 0 Å². The molecule has 8 heteroatoms. The minimum atomic E-state index is -3.80. The Morgan fingerprint density at radius 3 is 2.28 bits per heavy atom. The average Bonchev–Trinajstić information content (AvgIpc) is 2.79. The lowest BCUT2D eigenvalue weighted by Crippen LogP contribution is -2.20. The lowest BCUT2D eigenvalue weighted by atomic mass is 10.1. The van der Waals surface area contributed by atoms with Gasteiger partial charge in [0.05, 0.1) is 10.6 Å². The molecule has 4 aromatic carbocycles. The summed E-state index contributed by atoms with van der Waals surface area (Å²) in [7, 11) is -3.80. The number of ether oxygens (including phenoxy) is 1. The normalized spacial score (nSPS) is 11.2. The fourth-order valence-corrected chi connectivity index (χ4v) is 4.32. The van der Waals surface area contributed by atoms with Gasteiger partial charge in [-0.05, 0) is 60.0 Å². The quantitative estimate of drug-likeness (QED) is 0.386. The van der Waals surface area contributed by atoms with Gasteiger partial charge < -0.3 is 10.1 Å². The van der Waals surface area contributed by atoms with Gasteiger partial charge in [0.25, 0.3) is 15.9 Å². The van der Waals surface area contributed by atoms with Gasteiger partial charge in [0.1, 0.15) is 5.75 Å². The first-order valence-electron chi connectivity index (χ1n) is 9.70. The number of hydrogen-bond acceptors (Lipinski definition) is 4. The van der Waals surface area contributed by atoms with E-state index in [9.17, 15) is 13.2 Å². The third-order valence-corrected chi connectivity index (χ3v) is 6.30. The molecular formula is C24H19ClN2O4S. The van der Waals surface area contributed by atoms with E-state index >= 15 is 0 Å². The molecule has 0 radical (unpaired) electrons. The maximum Gasteiger partial charge on any atom is 0.262 e. The van der Waals surface area contributed by atoms with Gasteiger partial charge in [0.15, 0.2) is 6.61 Å². The number of carbonyl (C=O) groups is 1. The van der Waals surface area contributed by atoms with Crippen LogP contribution in [0.5, 0.6) is 5.75 Å². The summed E-state index contributed by atoms with van der Waals surface area (Å²) in [5.41, 5.74) is 0.957. The SMILES string of the molecule is O=C(COc1ccc(Cl)cc1)Nc1ccc(S(=O)(=O)Nc2cccc3ccccc23)cc1. The number of amides is 1. The molecule has 0 aromatic heterocycles. The van der Waals surface area contributed by atoms with E-state index in [4.69, 9.17) is 16.3 Å². The molecule has 0 aliphatic carbocycles. The molecule has 0 bridgehead atoms. The Labute approximate surface area is 190 Å². The van der Waals surface area contributed by atoms with Crippen LogP contribution in [0, 0.1) is 0 Å². The minimum Gasteiger partial charge on any atom is -0.484 e. The van der Waals surface area contributed by atoms with Crippen LogP contribution < -0.4 is 14.8 Å². The lowest BCUT2D eigenvalue weighted by molar-refractivity contribution is -0.118. The third-order valence-electron chi connectivity index (χ3n) is 4.67. The fourth-order valence-electron chi connectivity index (χ4n) is 3.11. The molecule has 4 rings (SSSR count). The summed E-state index contributed by atoms with van der Waals surface area (Å²) >= 11 is 5.82. The fraction of sp³-hybridized carbons (Fsp3) is 0.0417. The summed E-state index contributed by atoms with van der Waals surface area (Å²) in [4.78, 5) is 12.2. The van der Waals surface area contributed by atoms with Crippen molar-refractivity contribution < 1.29 is 17.9 Å². The molecular weight excluding hydrogens is 448 g/mol. The zero-order valence-corrected chi connectivity index (χ0v) is 18.4. The van der Waals surface area contributed by atoms with Crippen LogP contribution >= 0.6 is 11.6 Å². The number of benzene rings is 4. The molecule has 0 fully saturated rings. The highest BCUT2D eigenvalue weighted by atomic mass is 35.5. The van der Waals surface area contributed by atoms with Crippen LogP contribution in [-0.2, 0) is 14.8 Å². The average molecular weight is 467 g/mol. The standard InChI is InChI=1S/C24H19ClN2O4S/c25-18-8-12-20(13-9-18)31-16-24(28)26-19-10-14-21(15-11-19)32(29,30)27-23-7-3-5-17-4-1-2-6-22(17)23/h1-15,27H,16H2,(H,26,28). The van der Waals surface area contributed by atoms with Crippen molar-refractivity contribution in [3.8, 4) is 5.75 Å². The van der Waals surface area contributed by atoms with Gasteiger partial charge in [-0.3, -0.25) is 9.52 Å². The second-order valence-electron chi connectivity index (χ2n) is 6.95. The number of nitrogens with one attached hydrogen (secondary N) is 2. The predicted octanol–water partition coefficient (Wildman–Crippen LogP) is 5.31. The van der Waals surface area contributed by atoms with E-state index in [1.807, 2.05) is 30.3 Å². The minimum absolute atomic E-state index is 0.0841. The molecule has 0 unspecified atom stereocenters. The van der Waals surface area contributed by atoms with Crippen molar-refractivity contribution in [1.82, 2.24) is 0 Å². The van der Waals surface area contributed by atoms with E-state index < -0.39 is 10.0 Å². The summed E-state index contributed by atoms with van der Waals surface area (Å²) in [5, 5.41) is 4.99. The second kappa shape index (κ2) is 9.30. The molecule has 6 nitrogen and oxygen atoms in total. The summed E-state index contributed by atoms with van der Waals surface area (Å²) in [6.45, 7) is -0.190. The monoisotopic (exact) mass is 466 g/mol. The number of fused-ring (bicyclic) bond motifs is 1. The summed E-state index contributed by atoms with van der Waals surface area (Å²) in [6.07, 6.45) is 0. The zero-order chi connectivity index (χ0) is 22.6. The van der Waals surface area contributed by atoms with E-state index in [0.29, 0.717) is 22.1 Å². The van der Waals surface area contributed by atoms with Crippen LogP contribution in [0.4, 0.5) is 11.4 Å². The second-order valence-corrected chi connectivity index (χ2v) is 9.07. The summed E-state index contributed by atoms with van der Waals surface area (Å²) in [6, 6.07) is 25.5. The van der Waals surface area contributed by atoms with E-state index in [0.717, 1.165) is 10.8 Å². The van der Waals surface area contributed by atoms with Crippen molar-refractivity contribution in [2.24, 2.45) is 0 Å². The largest absolute Gasteiger partial charge is 0.484 e. The van der Waals surface area contributed by atoms with Crippen molar-refractivity contribution in [2.45, 2.75) is 4.90 Å². The Bertz CT molecular complexity index is 1350. The van der Waals surface area contributed by atoms with E-state index in [1.54, 1.807) is 36.4 Å². The first-order chi connectivity index (χ1) is 15.4. The highest BCUT2D eigenvalue weighted by Crippen LogP contribution is 2.26. The Kier molecular flexibility index (Phi) is 6.30. The molecule has 0 saturated carbocycles. The molecule has 0 atom stereocenters. The molecule has 0 aliphatic heterocycles. The van der Waals surface area contributed by atoms with E-state index in [1.165, 1.54) is 24.3 Å². The maximum absolute atomic E-state index is 12.8. The molecule has 0 aliphatic rings. The summed E-state index contributed by atoms with van der Waals surface area (Å²) < 4.78 is 33.7. The Balaban J connectivity index is 1.41. The lowest BCUT2D eigenvalue weighted by Gasteiger charge is -2.12. The maximum atomic E-state index is 12.8. The van der Waals surface area contributed by atoms with Crippen molar-refractivity contribution >= 4 is 49.7 Å². The van der Waals surface area contributed by atoms with Crippen LogP contribution in [0.15, 0.2) is 95.9 Å². The summed E-state index contributed by atoms with van der Waals surface area (Å²) in [5.74, 6) is 0.148. The van der Waals surface area contributed by atoms with Crippen molar-refractivity contribution in [3.63, 3.8) is 0 Å². The van der Waals surface area contributed by atoms with Crippen LogP contribution in [0.1, 0.15) is 0 Å².